The van der Waals surface area contributed by atoms with Gasteiger partial charge in [0.05, 0.1) is 0 Å². The third-order valence-electron chi connectivity index (χ3n) is 6.39. The second kappa shape index (κ2) is 7.87. The fourth-order valence-corrected chi connectivity index (χ4v) is 4.57. The maximum atomic E-state index is 12.5. The summed E-state index contributed by atoms with van der Waals surface area (Å²) in [5.74, 6) is 1.11. The zero-order valence-corrected chi connectivity index (χ0v) is 16.1. The van der Waals surface area contributed by atoms with E-state index in [-0.39, 0.29) is 17.2 Å². The number of rotatable bonds is 8. The lowest BCUT2D eigenvalue weighted by Crippen LogP contribution is -2.48. The average molecular weight is 367 g/mol. The Labute approximate surface area is 162 Å². The number of allylic oxidation sites excluding steroid dienone is 1. The maximum Gasteiger partial charge on any atom is 0.226 e. The normalized spacial score (nSPS) is 24.5. The van der Waals surface area contributed by atoms with Crippen molar-refractivity contribution in [3.63, 3.8) is 0 Å². The lowest BCUT2D eigenvalue weighted by Gasteiger charge is -2.42. The number of likely N-dealkylation sites (tertiary alicyclic amines) is 1. The summed E-state index contributed by atoms with van der Waals surface area (Å²) in [6.45, 7) is 1.56. The molecule has 1 saturated heterocycles. The highest BCUT2D eigenvalue weighted by Gasteiger charge is 2.46. The van der Waals surface area contributed by atoms with E-state index in [1.165, 1.54) is 24.1 Å². The third-order valence-corrected chi connectivity index (χ3v) is 6.39. The minimum atomic E-state index is -0.0160. The van der Waals surface area contributed by atoms with Crippen molar-refractivity contribution in [2.24, 2.45) is 11.3 Å². The molecule has 1 heterocycles. The largest absolute Gasteiger partial charge is 0.355 e. The fraction of sp³-hybridized carbons (Fsp3) is 0.565. The molecule has 1 atom stereocenters. The van der Waals surface area contributed by atoms with Crippen LogP contribution in [0.25, 0.3) is 0 Å². The lowest BCUT2D eigenvalue weighted by molar-refractivity contribution is -0.133. The lowest BCUT2D eigenvalue weighted by atomic mass is 9.76. The van der Waals surface area contributed by atoms with Crippen LogP contribution in [-0.2, 0) is 16.0 Å². The monoisotopic (exact) mass is 366 g/mol. The first-order valence-corrected chi connectivity index (χ1v) is 10.5. The van der Waals surface area contributed by atoms with E-state index in [9.17, 15) is 9.59 Å². The molecular formula is C23H30N2O2. The van der Waals surface area contributed by atoms with E-state index in [1.54, 1.807) is 0 Å². The number of hydrogen-bond donors (Lipinski definition) is 1. The molecule has 144 valence electrons. The van der Waals surface area contributed by atoms with Crippen LogP contribution in [0.1, 0.15) is 56.9 Å². The van der Waals surface area contributed by atoms with Crippen LogP contribution in [0.2, 0.25) is 0 Å². The molecule has 1 unspecified atom stereocenters. The molecule has 2 amide bonds. The summed E-state index contributed by atoms with van der Waals surface area (Å²) in [5, 5.41) is 3.19. The van der Waals surface area contributed by atoms with Crippen LogP contribution in [0.5, 0.6) is 0 Å². The van der Waals surface area contributed by atoms with E-state index in [2.05, 4.69) is 28.4 Å². The molecule has 4 rings (SSSR count). The van der Waals surface area contributed by atoms with Gasteiger partial charge in [-0.3, -0.25) is 9.59 Å². The molecular weight excluding hydrogens is 336 g/mol. The first-order valence-electron chi connectivity index (χ1n) is 10.5. The minimum absolute atomic E-state index is 0.0160. The van der Waals surface area contributed by atoms with Gasteiger partial charge in [-0.15, -0.1) is 0 Å². The summed E-state index contributed by atoms with van der Waals surface area (Å²) in [6, 6.07) is 10.3. The van der Waals surface area contributed by atoms with Crippen molar-refractivity contribution in [2.75, 3.05) is 13.1 Å². The van der Waals surface area contributed by atoms with Gasteiger partial charge in [-0.05, 0) is 56.4 Å². The Balaban J connectivity index is 1.29. The number of benzene rings is 1. The number of nitrogens with one attached hydrogen (secondary N) is 1. The maximum absolute atomic E-state index is 12.5. The van der Waals surface area contributed by atoms with Gasteiger partial charge < -0.3 is 10.2 Å². The van der Waals surface area contributed by atoms with Gasteiger partial charge >= 0.3 is 0 Å². The smallest absolute Gasteiger partial charge is 0.226 e. The molecule has 4 nitrogen and oxygen atoms in total. The molecule has 3 aliphatic rings. The van der Waals surface area contributed by atoms with Crippen molar-refractivity contribution in [2.45, 2.75) is 57.8 Å². The number of aryl methyl sites for hydroxylation is 1. The highest BCUT2D eigenvalue weighted by atomic mass is 16.2. The summed E-state index contributed by atoms with van der Waals surface area (Å²) in [4.78, 5) is 26.9. The van der Waals surface area contributed by atoms with Gasteiger partial charge in [0.2, 0.25) is 11.8 Å². The highest BCUT2D eigenvalue weighted by Crippen LogP contribution is 2.48. The second-order valence-corrected chi connectivity index (χ2v) is 8.47. The van der Waals surface area contributed by atoms with Crippen molar-refractivity contribution in [3.05, 3.63) is 47.7 Å². The second-order valence-electron chi connectivity index (χ2n) is 8.47. The van der Waals surface area contributed by atoms with E-state index in [4.69, 9.17) is 0 Å². The van der Waals surface area contributed by atoms with Gasteiger partial charge in [0.15, 0.2) is 0 Å². The van der Waals surface area contributed by atoms with Gasteiger partial charge in [-0.1, -0.05) is 36.4 Å². The number of nitrogens with zero attached hydrogens (tertiary/aromatic N) is 1. The van der Waals surface area contributed by atoms with E-state index in [1.807, 2.05) is 18.2 Å². The molecule has 2 fully saturated rings. The summed E-state index contributed by atoms with van der Waals surface area (Å²) in [5.41, 5.74) is 2.47. The van der Waals surface area contributed by atoms with Gasteiger partial charge in [-0.25, -0.2) is 0 Å². The number of carbonyl (C=O) groups excluding carboxylic acids is 2. The highest BCUT2D eigenvalue weighted by molar-refractivity contribution is 5.80. The summed E-state index contributed by atoms with van der Waals surface area (Å²) < 4.78 is 0. The van der Waals surface area contributed by atoms with Gasteiger partial charge in [0.25, 0.3) is 0 Å². The van der Waals surface area contributed by atoms with Crippen molar-refractivity contribution in [3.8, 4) is 0 Å². The molecule has 0 bridgehead atoms. The Morgan fingerprint density at radius 1 is 1.19 bits per heavy atom. The number of carbonyl (C=O) groups is 2. The average Bonchev–Trinajstić information content (AvgIpc) is 3.40. The Hall–Kier alpha value is -2.10. The zero-order chi connectivity index (χ0) is 18.7. The van der Waals surface area contributed by atoms with Crippen LogP contribution >= 0.6 is 0 Å². The molecule has 0 spiro atoms. The van der Waals surface area contributed by atoms with E-state index < -0.39 is 0 Å². The van der Waals surface area contributed by atoms with Gasteiger partial charge in [-0.2, -0.15) is 0 Å². The zero-order valence-electron chi connectivity index (χ0n) is 16.1. The van der Waals surface area contributed by atoms with Crippen LogP contribution in [0, 0.1) is 11.3 Å². The topological polar surface area (TPSA) is 49.4 Å². The molecule has 1 aromatic carbocycles. The summed E-state index contributed by atoms with van der Waals surface area (Å²) in [6.07, 6.45) is 10.7. The molecule has 0 radical (unpaired) electrons. The quantitative estimate of drug-likeness (QED) is 0.760. The van der Waals surface area contributed by atoms with Crippen molar-refractivity contribution in [1.82, 2.24) is 10.2 Å². The molecule has 0 aromatic heterocycles. The Bertz CT molecular complexity index is 723. The molecule has 1 saturated carbocycles. The predicted octanol–water partition coefficient (Wildman–Crippen LogP) is 3.82. The van der Waals surface area contributed by atoms with Gasteiger partial charge in [0, 0.05) is 37.0 Å². The Kier molecular flexibility index (Phi) is 5.33. The molecule has 2 aliphatic carbocycles. The number of hydrogen-bond acceptors (Lipinski definition) is 2. The number of piperidine rings is 1. The van der Waals surface area contributed by atoms with Crippen molar-refractivity contribution >= 4 is 11.8 Å². The first-order chi connectivity index (χ1) is 13.2. The molecule has 1 N–H and O–H groups in total. The fourth-order valence-electron chi connectivity index (χ4n) is 4.57. The number of amides is 2. The third kappa shape index (κ3) is 4.26. The van der Waals surface area contributed by atoms with E-state index in [0.717, 1.165) is 38.6 Å². The SMILES string of the molecule is O=C(CCCc1ccccc1)NCC12CCC=C1N(CC1CC1)C(=O)CC2. The van der Waals surface area contributed by atoms with Crippen molar-refractivity contribution < 1.29 is 9.59 Å². The van der Waals surface area contributed by atoms with E-state index in [0.29, 0.717) is 25.3 Å². The Morgan fingerprint density at radius 2 is 2.00 bits per heavy atom. The van der Waals surface area contributed by atoms with Crippen LogP contribution in [0.15, 0.2) is 42.1 Å². The first kappa shape index (κ1) is 18.3. The molecule has 1 aliphatic heterocycles. The molecule has 27 heavy (non-hydrogen) atoms. The summed E-state index contributed by atoms with van der Waals surface area (Å²) >= 11 is 0. The Morgan fingerprint density at radius 3 is 2.78 bits per heavy atom. The van der Waals surface area contributed by atoms with Crippen LogP contribution in [0.4, 0.5) is 0 Å². The molecule has 4 heteroatoms. The summed E-state index contributed by atoms with van der Waals surface area (Å²) in [7, 11) is 0. The molecule has 1 aromatic rings. The number of fused-ring (bicyclic) bond motifs is 1. The standard InChI is InChI=1S/C23H30N2O2/c26-21(10-4-8-18-6-2-1-3-7-18)24-17-23-14-5-9-20(23)25(16-19-11-12-19)22(27)13-15-23/h1-3,6-7,9,19H,4-5,8,10-17H2,(H,24,26). The van der Waals surface area contributed by atoms with Crippen LogP contribution < -0.4 is 5.32 Å². The predicted molar refractivity (Wildman–Crippen MR) is 106 cm³/mol. The van der Waals surface area contributed by atoms with E-state index >= 15 is 0 Å². The van der Waals surface area contributed by atoms with Gasteiger partial charge in [0.1, 0.15) is 0 Å². The minimum Gasteiger partial charge on any atom is -0.355 e. The van der Waals surface area contributed by atoms with Crippen molar-refractivity contribution in [1.29, 1.82) is 0 Å². The van der Waals surface area contributed by atoms with Crippen LogP contribution in [-0.4, -0.2) is 29.8 Å². The van der Waals surface area contributed by atoms with Crippen LogP contribution in [0.3, 0.4) is 0 Å².